The Morgan fingerprint density at radius 3 is 2.64 bits per heavy atom. The van der Waals surface area contributed by atoms with Crippen molar-refractivity contribution in [2.45, 2.75) is 6.36 Å². The zero-order valence-electron chi connectivity index (χ0n) is 10.9. The Morgan fingerprint density at radius 1 is 1.14 bits per heavy atom. The highest BCUT2D eigenvalue weighted by molar-refractivity contribution is 6.31. The molecule has 0 bridgehead atoms. The number of fused-ring (bicyclic) bond motifs is 1. The Labute approximate surface area is 127 Å². The van der Waals surface area contributed by atoms with Gasteiger partial charge in [0.25, 0.3) is 0 Å². The van der Waals surface area contributed by atoms with E-state index in [0.717, 1.165) is 11.6 Å². The van der Waals surface area contributed by atoms with Crippen LogP contribution in [-0.4, -0.2) is 16.3 Å². The van der Waals surface area contributed by atoms with Crippen LogP contribution >= 0.6 is 11.6 Å². The van der Waals surface area contributed by atoms with Gasteiger partial charge in [-0.15, -0.1) is 13.2 Å². The molecule has 0 spiro atoms. The highest BCUT2D eigenvalue weighted by Gasteiger charge is 2.32. The maximum absolute atomic E-state index is 12.4. The number of imidazole rings is 1. The minimum absolute atomic E-state index is 0.0591. The molecule has 2 N–H and O–H groups in total. The van der Waals surface area contributed by atoms with E-state index in [9.17, 15) is 13.2 Å². The van der Waals surface area contributed by atoms with Gasteiger partial charge < -0.3 is 15.0 Å². The molecule has 3 rings (SSSR count). The summed E-state index contributed by atoms with van der Waals surface area (Å²) in [5, 5.41) is 3.02. The van der Waals surface area contributed by atoms with Gasteiger partial charge in [-0.3, -0.25) is 0 Å². The molecule has 0 amide bonds. The fourth-order valence-electron chi connectivity index (χ4n) is 1.95. The molecule has 114 valence electrons. The van der Waals surface area contributed by atoms with Crippen LogP contribution < -0.4 is 10.1 Å². The van der Waals surface area contributed by atoms with Crippen LogP contribution in [0.1, 0.15) is 0 Å². The summed E-state index contributed by atoms with van der Waals surface area (Å²) >= 11 is 5.83. The molecule has 0 aliphatic carbocycles. The summed E-state index contributed by atoms with van der Waals surface area (Å²) < 4.78 is 41.2. The number of anilines is 2. The van der Waals surface area contributed by atoms with E-state index < -0.39 is 12.1 Å². The van der Waals surface area contributed by atoms with Crippen LogP contribution in [0.5, 0.6) is 5.75 Å². The average Bonchev–Trinajstić information content (AvgIpc) is 2.82. The number of H-pyrrole nitrogens is 1. The molecule has 0 saturated heterocycles. The molecule has 0 unspecified atom stereocenters. The van der Waals surface area contributed by atoms with Crippen molar-refractivity contribution in [1.29, 1.82) is 0 Å². The van der Waals surface area contributed by atoms with Gasteiger partial charge in [-0.2, -0.15) is 0 Å². The smallest absolute Gasteiger partial charge is 0.404 e. The normalized spacial score (nSPS) is 11.6. The van der Waals surface area contributed by atoms with E-state index in [4.69, 9.17) is 11.6 Å². The molecule has 22 heavy (non-hydrogen) atoms. The van der Waals surface area contributed by atoms with E-state index in [1.807, 2.05) is 12.1 Å². The lowest BCUT2D eigenvalue weighted by Gasteiger charge is -2.13. The summed E-state index contributed by atoms with van der Waals surface area (Å²) in [6, 6.07) is 11.0. The van der Waals surface area contributed by atoms with Crippen LogP contribution in [0.3, 0.4) is 0 Å². The lowest BCUT2D eigenvalue weighted by Crippen LogP contribution is -2.18. The largest absolute Gasteiger partial charge is 0.573 e. The number of hydrogen-bond acceptors (Lipinski definition) is 3. The molecule has 2 aromatic carbocycles. The van der Waals surface area contributed by atoms with E-state index in [1.54, 1.807) is 12.1 Å². The van der Waals surface area contributed by atoms with Crippen LogP contribution in [0.15, 0.2) is 42.5 Å². The Bertz CT molecular complexity index is 783. The van der Waals surface area contributed by atoms with Gasteiger partial charge in [-0.1, -0.05) is 23.7 Å². The molecule has 1 aromatic heterocycles. The minimum Gasteiger partial charge on any atom is -0.404 e. The summed E-state index contributed by atoms with van der Waals surface area (Å²) in [6.07, 6.45) is -4.79. The van der Waals surface area contributed by atoms with Crippen LogP contribution in [-0.2, 0) is 0 Å². The molecule has 0 aliphatic rings. The van der Waals surface area contributed by atoms with Crippen LogP contribution in [0.2, 0.25) is 5.02 Å². The molecular weight excluding hydrogens is 319 g/mol. The Hall–Kier alpha value is -2.41. The number of aromatic amines is 1. The highest BCUT2D eigenvalue weighted by atomic mass is 35.5. The predicted octanol–water partition coefficient (Wildman–Crippen LogP) is 4.86. The SMILES string of the molecule is FC(F)(F)Oc1ccc(Cl)cc1Nc1nc2ccccc2[nH]1. The summed E-state index contributed by atoms with van der Waals surface area (Å²) in [5.41, 5.74) is 1.50. The zero-order chi connectivity index (χ0) is 15.7. The van der Waals surface area contributed by atoms with E-state index in [2.05, 4.69) is 20.0 Å². The first-order valence-corrected chi connectivity index (χ1v) is 6.55. The summed E-state index contributed by atoms with van der Waals surface area (Å²) in [7, 11) is 0. The molecule has 8 heteroatoms. The van der Waals surface area contributed by atoms with Gasteiger partial charge in [0, 0.05) is 5.02 Å². The van der Waals surface area contributed by atoms with Crippen molar-refractivity contribution in [2.75, 3.05) is 5.32 Å². The fourth-order valence-corrected chi connectivity index (χ4v) is 2.13. The quantitative estimate of drug-likeness (QED) is 0.722. The topological polar surface area (TPSA) is 49.9 Å². The molecule has 4 nitrogen and oxygen atoms in total. The van der Waals surface area contributed by atoms with Gasteiger partial charge in [0.05, 0.1) is 16.7 Å². The molecule has 0 radical (unpaired) electrons. The van der Waals surface area contributed by atoms with E-state index in [1.165, 1.54) is 12.1 Å². The zero-order valence-corrected chi connectivity index (χ0v) is 11.7. The van der Waals surface area contributed by atoms with Gasteiger partial charge in [0.2, 0.25) is 5.95 Å². The van der Waals surface area contributed by atoms with Gasteiger partial charge in [-0.25, -0.2) is 4.98 Å². The number of para-hydroxylation sites is 2. The Kier molecular flexibility index (Phi) is 3.58. The first-order chi connectivity index (χ1) is 10.4. The third kappa shape index (κ3) is 3.25. The molecule has 0 saturated carbocycles. The highest BCUT2D eigenvalue weighted by Crippen LogP contribution is 2.34. The van der Waals surface area contributed by atoms with Crippen molar-refractivity contribution >= 4 is 34.3 Å². The summed E-state index contributed by atoms with van der Waals surface area (Å²) in [6.45, 7) is 0. The van der Waals surface area contributed by atoms with E-state index >= 15 is 0 Å². The fraction of sp³-hybridized carbons (Fsp3) is 0.0714. The molecular formula is C14H9ClF3N3O. The van der Waals surface area contributed by atoms with Gasteiger partial charge in [0.15, 0.2) is 5.75 Å². The number of halogens is 4. The average molecular weight is 328 g/mol. The van der Waals surface area contributed by atoms with Gasteiger partial charge in [-0.05, 0) is 30.3 Å². The van der Waals surface area contributed by atoms with Crippen molar-refractivity contribution in [2.24, 2.45) is 0 Å². The summed E-state index contributed by atoms with van der Waals surface area (Å²) in [5.74, 6) is -0.104. The van der Waals surface area contributed by atoms with Crippen LogP contribution in [0.4, 0.5) is 24.8 Å². The third-order valence-electron chi connectivity index (χ3n) is 2.81. The summed E-state index contributed by atoms with van der Waals surface area (Å²) in [4.78, 5) is 7.18. The van der Waals surface area contributed by atoms with Crippen molar-refractivity contribution in [1.82, 2.24) is 9.97 Å². The first kappa shape index (κ1) is 14.5. The second-order valence-electron chi connectivity index (χ2n) is 4.42. The monoisotopic (exact) mass is 327 g/mol. The second-order valence-corrected chi connectivity index (χ2v) is 4.85. The number of rotatable bonds is 3. The van der Waals surface area contributed by atoms with Crippen molar-refractivity contribution in [3.63, 3.8) is 0 Å². The maximum atomic E-state index is 12.4. The van der Waals surface area contributed by atoms with Crippen LogP contribution in [0, 0.1) is 0 Å². The Balaban J connectivity index is 1.95. The predicted molar refractivity (Wildman–Crippen MR) is 77.5 cm³/mol. The second kappa shape index (κ2) is 5.42. The van der Waals surface area contributed by atoms with E-state index in [-0.39, 0.29) is 16.7 Å². The number of benzene rings is 2. The van der Waals surface area contributed by atoms with Crippen LogP contribution in [0.25, 0.3) is 11.0 Å². The number of aromatic nitrogens is 2. The molecule has 0 fully saturated rings. The maximum Gasteiger partial charge on any atom is 0.573 e. The Morgan fingerprint density at radius 2 is 1.91 bits per heavy atom. The number of alkyl halides is 3. The number of nitrogens with one attached hydrogen (secondary N) is 2. The van der Waals surface area contributed by atoms with Crippen molar-refractivity contribution in [3.05, 3.63) is 47.5 Å². The van der Waals surface area contributed by atoms with E-state index in [0.29, 0.717) is 5.52 Å². The first-order valence-electron chi connectivity index (χ1n) is 6.18. The van der Waals surface area contributed by atoms with Gasteiger partial charge in [0.1, 0.15) is 0 Å². The standard InChI is InChI=1S/C14H9ClF3N3O/c15-8-5-6-12(22-14(16,17)18)11(7-8)21-13-19-9-3-1-2-4-10(9)20-13/h1-7H,(H2,19,20,21). The van der Waals surface area contributed by atoms with Crippen molar-refractivity contribution < 1.29 is 17.9 Å². The number of hydrogen-bond donors (Lipinski definition) is 2. The lowest BCUT2D eigenvalue weighted by molar-refractivity contribution is -0.274. The minimum atomic E-state index is -4.79. The number of nitrogens with zero attached hydrogens (tertiary/aromatic N) is 1. The van der Waals surface area contributed by atoms with Crippen molar-refractivity contribution in [3.8, 4) is 5.75 Å². The third-order valence-corrected chi connectivity index (χ3v) is 3.04. The lowest BCUT2D eigenvalue weighted by atomic mass is 10.3. The van der Waals surface area contributed by atoms with Gasteiger partial charge >= 0.3 is 6.36 Å². The molecule has 3 aromatic rings. The molecule has 1 heterocycles. The molecule has 0 atom stereocenters. The molecule has 0 aliphatic heterocycles. The number of ether oxygens (including phenoxy) is 1.